The molecule has 25 heavy (non-hydrogen) atoms. The van der Waals surface area contributed by atoms with Gasteiger partial charge in [0.15, 0.2) is 5.69 Å². The van der Waals surface area contributed by atoms with Gasteiger partial charge in [-0.1, -0.05) is 17.7 Å². The van der Waals surface area contributed by atoms with Gasteiger partial charge in [0.1, 0.15) is 6.26 Å². The average Bonchev–Trinajstić information content (AvgIpc) is 3.03. The number of allylic oxidation sites excluding steroid dienone is 1. The van der Waals surface area contributed by atoms with Gasteiger partial charge in [0.25, 0.3) is 11.9 Å². The van der Waals surface area contributed by atoms with E-state index in [1.54, 1.807) is 18.2 Å². The number of halogens is 1. The van der Waals surface area contributed by atoms with Gasteiger partial charge < -0.3 is 31.9 Å². The second-order valence-electron chi connectivity index (χ2n) is 5.16. The molecule has 2 rings (SSSR count). The topological polar surface area (TPSA) is 143 Å². The van der Waals surface area contributed by atoms with Gasteiger partial charge in [-0.3, -0.25) is 4.79 Å². The maximum Gasteiger partial charge on any atom is 0.292 e. The van der Waals surface area contributed by atoms with Crippen molar-refractivity contribution >= 4 is 41.0 Å². The van der Waals surface area contributed by atoms with Crippen LogP contribution >= 0.6 is 11.6 Å². The molecule has 1 aromatic heterocycles. The lowest BCUT2D eigenvalue weighted by molar-refractivity contribution is 0.102. The van der Waals surface area contributed by atoms with Crippen LogP contribution in [0.5, 0.6) is 0 Å². The molecule has 1 aromatic carbocycles. The molecule has 0 unspecified atom stereocenters. The minimum absolute atomic E-state index is 0.0373. The van der Waals surface area contributed by atoms with E-state index < -0.39 is 5.91 Å². The number of nitrogens with zero attached hydrogens (tertiary/aromatic N) is 1. The molecule has 1 heterocycles. The van der Waals surface area contributed by atoms with Crippen molar-refractivity contribution in [3.63, 3.8) is 0 Å². The summed E-state index contributed by atoms with van der Waals surface area (Å²) in [6, 6.07) is 4.91. The predicted octanol–water partition coefficient (Wildman–Crippen LogP) is 2.09. The standard InChI is InChI=1S/C16H19ClN6O2/c1-21-5-4-12(19)10(7-18)9-2-3-11(17)13(6-9)22-15(24)14-8-25-16(20)23-14/h2-3,6-8,18,21H,4-5,19H2,1H3,(H2,20,23)(H,22,24)/b12-10+,18-7?. The Hall–Kier alpha value is -2.84. The minimum atomic E-state index is -0.511. The van der Waals surface area contributed by atoms with Gasteiger partial charge >= 0.3 is 0 Å². The Morgan fingerprint density at radius 1 is 1.48 bits per heavy atom. The van der Waals surface area contributed by atoms with Gasteiger partial charge in [0, 0.05) is 30.5 Å². The number of carbonyl (C=O) groups is 1. The summed E-state index contributed by atoms with van der Waals surface area (Å²) >= 11 is 6.15. The molecule has 0 atom stereocenters. The van der Waals surface area contributed by atoms with Crippen molar-refractivity contribution in [2.75, 3.05) is 24.6 Å². The molecule has 0 aliphatic rings. The lowest BCUT2D eigenvalue weighted by Crippen LogP contribution is -2.14. The van der Waals surface area contributed by atoms with E-state index in [1.165, 1.54) is 6.21 Å². The van der Waals surface area contributed by atoms with E-state index in [4.69, 9.17) is 32.9 Å². The first-order valence-electron chi connectivity index (χ1n) is 7.42. The fourth-order valence-corrected chi connectivity index (χ4v) is 2.29. The maximum atomic E-state index is 12.2. The number of nitrogens with one attached hydrogen (secondary N) is 3. The quantitative estimate of drug-likeness (QED) is 0.477. The zero-order chi connectivity index (χ0) is 18.4. The molecule has 0 bridgehead atoms. The van der Waals surface area contributed by atoms with Crippen LogP contribution in [0.4, 0.5) is 11.7 Å². The van der Waals surface area contributed by atoms with E-state index in [0.717, 1.165) is 6.26 Å². The van der Waals surface area contributed by atoms with Crippen LogP contribution in [0.2, 0.25) is 5.02 Å². The molecule has 2 aromatic rings. The molecule has 0 spiro atoms. The number of hydrogen-bond donors (Lipinski definition) is 5. The van der Waals surface area contributed by atoms with Crippen LogP contribution in [0.1, 0.15) is 22.5 Å². The molecule has 0 aliphatic heterocycles. The lowest BCUT2D eigenvalue weighted by atomic mass is 10.0. The molecule has 8 nitrogen and oxygen atoms in total. The summed E-state index contributed by atoms with van der Waals surface area (Å²) < 4.78 is 4.82. The van der Waals surface area contributed by atoms with Crippen molar-refractivity contribution < 1.29 is 9.21 Å². The molecule has 0 aliphatic carbocycles. The Labute approximate surface area is 149 Å². The molecule has 0 radical (unpaired) electrons. The van der Waals surface area contributed by atoms with Gasteiger partial charge in [-0.05, 0) is 24.7 Å². The molecule has 7 N–H and O–H groups in total. The van der Waals surface area contributed by atoms with Crippen LogP contribution in [0.15, 0.2) is 34.6 Å². The van der Waals surface area contributed by atoms with Crippen LogP contribution in [-0.2, 0) is 0 Å². The molecule has 9 heteroatoms. The SMILES string of the molecule is CNCC/C(N)=C(/C=N)c1ccc(Cl)c(NC(=O)c2coc(N)n2)c1. The Bertz CT molecular complexity index is 815. The highest BCUT2D eigenvalue weighted by Crippen LogP contribution is 2.27. The average molecular weight is 363 g/mol. The molecule has 0 saturated carbocycles. The third-order valence-electron chi connectivity index (χ3n) is 3.41. The first-order chi connectivity index (χ1) is 12.0. The second kappa shape index (κ2) is 8.32. The third kappa shape index (κ3) is 4.59. The van der Waals surface area contributed by atoms with Crippen LogP contribution in [0.3, 0.4) is 0 Å². The number of amides is 1. The fraction of sp³-hybridized carbons (Fsp3) is 0.188. The highest BCUT2D eigenvalue weighted by molar-refractivity contribution is 6.34. The summed E-state index contributed by atoms with van der Waals surface area (Å²) in [5, 5.41) is 13.6. The molecule has 0 saturated heterocycles. The number of anilines is 2. The number of rotatable bonds is 7. The number of aromatic nitrogens is 1. The van der Waals surface area contributed by atoms with Crippen LogP contribution in [-0.4, -0.2) is 30.7 Å². The fourth-order valence-electron chi connectivity index (χ4n) is 2.12. The monoisotopic (exact) mass is 362 g/mol. The van der Waals surface area contributed by atoms with Crippen molar-refractivity contribution in [3.05, 3.63) is 46.4 Å². The smallest absolute Gasteiger partial charge is 0.292 e. The predicted molar refractivity (Wildman–Crippen MR) is 98.8 cm³/mol. The summed E-state index contributed by atoms with van der Waals surface area (Å²) in [5.74, 6) is -0.511. The second-order valence-corrected chi connectivity index (χ2v) is 5.56. The Morgan fingerprint density at radius 3 is 2.84 bits per heavy atom. The van der Waals surface area contributed by atoms with Crippen LogP contribution in [0.25, 0.3) is 5.57 Å². The Balaban J connectivity index is 2.30. The number of nitrogens with two attached hydrogens (primary N) is 2. The minimum Gasteiger partial charge on any atom is -0.431 e. The Kier molecular flexibility index (Phi) is 6.15. The number of hydrogen-bond acceptors (Lipinski definition) is 7. The molecular weight excluding hydrogens is 344 g/mol. The van der Waals surface area contributed by atoms with Crippen molar-refractivity contribution in [3.8, 4) is 0 Å². The summed E-state index contributed by atoms with van der Waals surface area (Å²) in [6.45, 7) is 0.688. The molecule has 0 fully saturated rings. The normalized spacial score (nSPS) is 11.8. The number of nitrogen functional groups attached to an aromatic ring is 1. The first-order valence-corrected chi connectivity index (χ1v) is 7.80. The maximum absolute atomic E-state index is 12.2. The summed E-state index contributed by atoms with van der Waals surface area (Å²) in [5.41, 5.74) is 13.6. The summed E-state index contributed by atoms with van der Waals surface area (Å²) in [6.07, 6.45) is 2.92. The molecule has 1 amide bonds. The Morgan fingerprint density at radius 2 is 2.24 bits per heavy atom. The van der Waals surface area contributed by atoms with E-state index in [-0.39, 0.29) is 11.7 Å². The van der Waals surface area contributed by atoms with Crippen LogP contribution in [0, 0.1) is 5.41 Å². The lowest BCUT2D eigenvalue weighted by Gasteiger charge is -2.11. The molecule has 132 valence electrons. The number of carbonyl (C=O) groups excluding carboxylic acids is 1. The highest BCUT2D eigenvalue weighted by atomic mass is 35.5. The van der Waals surface area contributed by atoms with Crippen molar-refractivity contribution in [2.45, 2.75) is 6.42 Å². The van der Waals surface area contributed by atoms with E-state index in [1.807, 2.05) is 7.05 Å². The third-order valence-corrected chi connectivity index (χ3v) is 3.74. The van der Waals surface area contributed by atoms with E-state index in [9.17, 15) is 4.79 Å². The van der Waals surface area contributed by atoms with E-state index in [0.29, 0.717) is 40.5 Å². The summed E-state index contributed by atoms with van der Waals surface area (Å²) in [7, 11) is 1.82. The molecular formula is C16H19ClN6O2. The number of benzene rings is 1. The van der Waals surface area contributed by atoms with E-state index >= 15 is 0 Å². The van der Waals surface area contributed by atoms with Gasteiger partial charge in [-0.15, -0.1) is 0 Å². The van der Waals surface area contributed by atoms with Crippen LogP contribution < -0.4 is 22.1 Å². The van der Waals surface area contributed by atoms with Gasteiger partial charge in [0.2, 0.25) is 0 Å². The van der Waals surface area contributed by atoms with Crippen molar-refractivity contribution in [2.24, 2.45) is 5.73 Å². The summed E-state index contributed by atoms with van der Waals surface area (Å²) in [4.78, 5) is 15.9. The zero-order valence-electron chi connectivity index (χ0n) is 13.6. The van der Waals surface area contributed by atoms with Gasteiger partial charge in [-0.25, -0.2) is 0 Å². The van der Waals surface area contributed by atoms with Crippen molar-refractivity contribution in [1.29, 1.82) is 5.41 Å². The number of oxazole rings is 1. The highest BCUT2D eigenvalue weighted by Gasteiger charge is 2.14. The van der Waals surface area contributed by atoms with Gasteiger partial charge in [0.05, 0.1) is 10.7 Å². The first kappa shape index (κ1) is 18.5. The zero-order valence-corrected chi connectivity index (χ0v) is 14.4. The van der Waals surface area contributed by atoms with E-state index in [2.05, 4.69) is 15.6 Å². The van der Waals surface area contributed by atoms with Crippen molar-refractivity contribution in [1.82, 2.24) is 10.3 Å². The largest absolute Gasteiger partial charge is 0.431 e. The van der Waals surface area contributed by atoms with Gasteiger partial charge in [-0.2, -0.15) is 4.98 Å².